The van der Waals surface area contributed by atoms with Crippen LogP contribution >= 0.6 is 0 Å². The fourth-order valence-electron chi connectivity index (χ4n) is 2.19. The van der Waals surface area contributed by atoms with Crippen LogP contribution < -0.4 is 14.8 Å². The molecule has 0 saturated carbocycles. The largest absolute Gasteiger partial charge is 0.493 e. The zero-order valence-electron chi connectivity index (χ0n) is 12.6. The molecule has 0 bridgehead atoms. The van der Waals surface area contributed by atoms with Crippen molar-refractivity contribution in [1.82, 2.24) is 5.32 Å². The summed E-state index contributed by atoms with van der Waals surface area (Å²) in [7, 11) is 1.68. The monoisotopic (exact) mass is 279 g/mol. The topological polar surface area (TPSA) is 39.7 Å². The van der Waals surface area contributed by atoms with Gasteiger partial charge in [-0.3, -0.25) is 0 Å². The second kappa shape index (κ2) is 7.50. The molecule has 1 saturated heterocycles. The Morgan fingerprint density at radius 2 is 2.20 bits per heavy atom. The van der Waals surface area contributed by atoms with Crippen molar-refractivity contribution in [3.05, 3.63) is 23.8 Å². The first-order valence-electron chi connectivity index (χ1n) is 7.30. The van der Waals surface area contributed by atoms with Gasteiger partial charge >= 0.3 is 0 Å². The molecule has 1 fully saturated rings. The molecular weight excluding hydrogens is 254 g/mol. The summed E-state index contributed by atoms with van der Waals surface area (Å²) in [5.74, 6) is 2.11. The third kappa shape index (κ3) is 4.39. The minimum Gasteiger partial charge on any atom is -0.493 e. The van der Waals surface area contributed by atoms with Gasteiger partial charge in [-0.1, -0.05) is 19.9 Å². The Bertz CT molecular complexity index is 414. The highest BCUT2D eigenvalue weighted by Gasteiger charge is 2.17. The molecule has 2 rings (SSSR count). The van der Waals surface area contributed by atoms with Gasteiger partial charge in [0.15, 0.2) is 11.5 Å². The summed E-state index contributed by atoms with van der Waals surface area (Å²) < 4.78 is 16.6. The van der Waals surface area contributed by atoms with Crippen molar-refractivity contribution in [3.8, 4) is 11.5 Å². The molecule has 1 aliphatic rings. The second-order valence-corrected chi connectivity index (χ2v) is 5.56. The van der Waals surface area contributed by atoms with Gasteiger partial charge in [0.05, 0.1) is 20.3 Å². The molecule has 0 radical (unpaired) electrons. The minimum absolute atomic E-state index is 0.472. The van der Waals surface area contributed by atoms with E-state index in [1.165, 1.54) is 5.56 Å². The Morgan fingerprint density at radius 1 is 1.35 bits per heavy atom. The number of ether oxygens (including phenoxy) is 3. The first-order chi connectivity index (χ1) is 9.69. The van der Waals surface area contributed by atoms with Gasteiger partial charge < -0.3 is 19.5 Å². The van der Waals surface area contributed by atoms with Gasteiger partial charge in [-0.2, -0.15) is 0 Å². The van der Waals surface area contributed by atoms with E-state index < -0.39 is 0 Å². The molecule has 1 atom stereocenters. The number of hydrogen-bond donors (Lipinski definition) is 1. The molecule has 1 aromatic carbocycles. The summed E-state index contributed by atoms with van der Waals surface area (Å²) in [5, 5.41) is 3.40. The molecule has 1 aliphatic heterocycles. The molecule has 112 valence electrons. The van der Waals surface area contributed by atoms with Crippen LogP contribution in [0.3, 0.4) is 0 Å². The van der Waals surface area contributed by atoms with Crippen LogP contribution in [0.25, 0.3) is 0 Å². The third-order valence-electron chi connectivity index (χ3n) is 3.44. The van der Waals surface area contributed by atoms with Gasteiger partial charge in [0.1, 0.15) is 0 Å². The van der Waals surface area contributed by atoms with Crippen LogP contribution in [0.5, 0.6) is 11.5 Å². The van der Waals surface area contributed by atoms with Crippen LogP contribution in [0.15, 0.2) is 18.2 Å². The molecule has 0 aliphatic carbocycles. The Hall–Kier alpha value is -1.26. The van der Waals surface area contributed by atoms with Crippen molar-refractivity contribution >= 4 is 0 Å². The summed E-state index contributed by atoms with van der Waals surface area (Å²) in [4.78, 5) is 0. The van der Waals surface area contributed by atoms with Crippen molar-refractivity contribution in [3.63, 3.8) is 0 Å². The van der Waals surface area contributed by atoms with Crippen LogP contribution in [-0.2, 0) is 11.3 Å². The maximum absolute atomic E-state index is 5.87. The predicted octanol–water partition coefficient (Wildman–Crippen LogP) is 2.61. The highest BCUT2D eigenvalue weighted by Crippen LogP contribution is 2.29. The maximum Gasteiger partial charge on any atom is 0.161 e. The number of hydrogen-bond acceptors (Lipinski definition) is 4. The normalized spacial score (nSPS) is 18.5. The lowest BCUT2D eigenvalue weighted by Crippen LogP contribution is -2.21. The second-order valence-electron chi connectivity index (χ2n) is 5.56. The van der Waals surface area contributed by atoms with Gasteiger partial charge in [0, 0.05) is 25.1 Å². The van der Waals surface area contributed by atoms with E-state index in [-0.39, 0.29) is 0 Å². The van der Waals surface area contributed by atoms with E-state index in [9.17, 15) is 0 Å². The molecule has 1 aromatic rings. The summed E-state index contributed by atoms with van der Waals surface area (Å²) in [6.07, 6.45) is 1.08. The summed E-state index contributed by atoms with van der Waals surface area (Å²) >= 11 is 0. The van der Waals surface area contributed by atoms with E-state index in [2.05, 4.69) is 25.2 Å². The molecule has 4 nitrogen and oxygen atoms in total. The van der Waals surface area contributed by atoms with Crippen LogP contribution in [0.2, 0.25) is 0 Å². The highest BCUT2D eigenvalue weighted by molar-refractivity contribution is 5.43. The molecule has 1 unspecified atom stereocenters. The smallest absolute Gasteiger partial charge is 0.161 e. The summed E-state index contributed by atoms with van der Waals surface area (Å²) in [6.45, 7) is 7.46. The summed E-state index contributed by atoms with van der Waals surface area (Å²) in [6, 6.07) is 6.58. The Labute approximate surface area is 121 Å². The Balaban J connectivity index is 1.94. The Kier molecular flexibility index (Phi) is 5.68. The van der Waals surface area contributed by atoms with E-state index in [4.69, 9.17) is 14.2 Å². The average Bonchev–Trinajstić information content (AvgIpc) is 2.96. The van der Waals surface area contributed by atoms with E-state index in [1.54, 1.807) is 7.11 Å². The fraction of sp³-hybridized carbons (Fsp3) is 0.625. The maximum atomic E-state index is 5.87. The van der Waals surface area contributed by atoms with Crippen LogP contribution in [0.4, 0.5) is 0 Å². The number of nitrogens with one attached hydrogen (secondary N) is 1. The van der Waals surface area contributed by atoms with E-state index in [1.807, 2.05) is 12.1 Å². The van der Waals surface area contributed by atoms with Gasteiger partial charge in [-0.25, -0.2) is 0 Å². The van der Waals surface area contributed by atoms with E-state index in [0.29, 0.717) is 18.6 Å². The standard InChI is InChI=1S/C16H25NO3/c1-12(2)17-9-13-4-5-15(16(8-13)18-3)20-11-14-6-7-19-10-14/h4-5,8,12,14,17H,6-7,9-11H2,1-3H3. The van der Waals surface area contributed by atoms with Crippen molar-refractivity contribution in [2.75, 3.05) is 26.9 Å². The predicted molar refractivity (Wildman–Crippen MR) is 79.4 cm³/mol. The average molecular weight is 279 g/mol. The SMILES string of the molecule is COc1cc(CNC(C)C)ccc1OCC1CCOC1. The molecule has 4 heteroatoms. The van der Waals surface area contributed by atoms with Crippen molar-refractivity contribution in [2.24, 2.45) is 5.92 Å². The van der Waals surface area contributed by atoms with Crippen LogP contribution in [-0.4, -0.2) is 33.0 Å². The molecular formula is C16H25NO3. The van der Waals surface area contributed by atoms with Gasteiger partial charge in [-0.05, 0) is 24.1 Å². The third-order valence-corrected chi connectivity index (χ3v) is 3.44. The quantitative estimate of drug-likeness (QED) is 0.833. The van der Waals surface area contributed by atoms with Gasteiger partial charge in [0.25, 0.3) is 0 Å². The highest BCUT2D eigenvalue weighted by atomic mass is 16.5. The Morgan fingerprint density at radius 3 is 2.85 bits per heavy atom. The first-order valence-corrected chi connectivity index (χ1v) is 7.30. The van der Waals surface area contributed by atoms with Crippen molar-refractivity contribution in [1.29, 1.82) is 0 Å². The summed E-state index contributed by atoms with van der Waals surface area (Å²) in [5.41, 5.74) is 1.20. The van der Waals surface area contributed by atoms with Crippen molar-refractivity contribution < 1.29 is 14.2 Å². The van der Waals surface area contributed by atoms with Crippen LogP contribution in [0.1, 0.15) is 25.8 Å². The number of rotatable bonds is 7. The fourth-order valence-corrected chi connectivity index (χ4v) is 2.19. The molecule has 1 N–H and O–H groups in total. The molecule has 0 aromatic heterocycles. The lowest BCUT2D eigenvalue weighted by Gasteiger charge is -2.15. The molecule has 0 spiro atoms. The first kappa shape index (κ1) is 15.1. The zero-order chi connectivity index (χ0) is 14.4. The number of methoxy groups -OCH3 is 1. The molecule has 1 heterocycles. The molecule has 0 amide bonds. The van der Waals surface area contributed by atoms with E-state index >= 15 is 0 Å². The van der Waals surface area contributed by atoms with Crippen molar-refractivity contribution in [2.45, 2.75) is 32.9 Å². The van der Waals surface area contributed by atoms with E-state index in [0.717, 1.165) is 37.7 Å². The minimum atomic E-state index is 0.472. The molecule has 20 heavy (non-hydrogen) atoms. The zero-order valence-corrected chi connectivity index (χ0v) is 12.6. The lowest BCUT2D eigenvalue weighted by atomic mass is 10.1. The van der Waals surface area contributed by atoms with Gasteiger partial charge in [0.2, 0.25) is 0 Å². The number of benzene rings is 1. The van der Waals surface area contributed by atoms with Crippen LogP contribution in [0, 0.1) is 5.92 Å². The lowest BCUT2D eigenvalue weighted by molar-refractivity contribution is 0.165. The van der Waals surface area contributed by atoms with Gasteiger partial charge in [-0.15, -0.1) is 0 Å².